The minimum absolute atomic E-state index is 0.00418. The summed E-state index contributed by atoms with van der Waals surface area (Å²) in [6, 6.07) is 8.85. The lowest BCUT2D eigenvalue weighted by atomic mass is 9.85. The molecule has 150 valence electrons. The lowest BCUT2D eigenvalue weighted by Crippen LogP contribution is -2.20. The number of aryl methyl sites for hydroxylation is 1. The van der Waals surface area contributed by atoms with E-state index in [0.717, 1.165) is 29.8 Å². The van der Waals surface area contributed by atoms with Gasteiger partial charge in [0.1, 0.15) is 6.54 Å². The van der Waals surface area contributed by atoms with Crippen molar-refractivity contribution in [1.29, 1.82) is 0 Å². The fourth-order valence-corrected chi connectivity index (χ4v) is 3.56. The second kappa shape index (κ2) is 7.66. The number of hydrogen-bond donors (Lipinski definition) is 1. The van der Waals surface area contributed by atoms with Crippen molar-refractivity contribution in [1.82, 2.24) is 14.8 Å². The van der Waals surface area contributed by atoms with Gasteiger partial charge in [0.15, 0.2) is 5.78 Å². The molecule has 1 aliphatic rings. The number of benzene rings is 1. The van der Waals surface area contributed by atoms with Gasteiger partial charge in [-0.2, -0.15) is 0 Å². The fourth-order valence-electron chi connectivity index (χ4n) is 3.56. The van der Waals surface area contributed by atoms with E-state index in [0.29, 0.717) is 29.0 Å². The standard InChI is InChI=1S/C22H24N4O3/c1-13-11-19(22-25-24-21(29-22)17-5-4-6-17)14(2)26(13)12-20(28)23-18-9-7-16(8-10-18)15(3)27/h7-11,17H,4-6,12H2,1-3H3,(H,23,28). The van der Waals surface area contributed by atoms with Gasteiger partial charge in [-0.25, -0.2) is 0 Å². The summed E-state index contributed by atoms with van der Waals surface area (Å²) >= 11 is 0. The number of anilines is 1. The third-order valence-electron chi connectivity index (χ3n) is 5.58. The maximum atomic E-state index is 12.5. The molecule has 0 atom stereocenters. The van der Waals surface area contributed by atoms with E-state index in [9.17, 15) is 9.59 Å². The smallest absolute Gasteiger partial charge is 0.249 e. The van der Waals surface area contributed by atoms with Gasteiger partial charge in [0.25, 0.3) is 0 Å². The number of aromatic nitrogens is 3. The van der Waals surface area contributed by atoms with Gasteiger partial charge in [-0.3, -0.25) is 9.59 Å². The van der Waals surface area contributed by atoms with Gasteiger partial charge in [0, 0.05) is 28.6 Å². The van der Waals surface area contributed by atoms with E-state index in [1.165, 1.54) is 13.3 Å². The van der Waals surface area contributed by atoms with Gasteiger partial charge < -0.3 is 14.3 Å². The maximum Gasteiger partial charge on any atom is 0.249 e. The van der Waals surface area contributed by atoms with Crippen molar-refractivity contribution in [2.45, 2.75) is 52.5 Å². The first kappa shape index (κ1) is 19.1. The summed E-state index contributed by atoms with van der Waals surface area (Å²) in [5, 5.41) is 11.3. The third kappa shape index (κ3) is 3.85. The highest BCUT2D eigenvalue weighted by Crippen LogP contribution is 2.37. The van der Waals surface area contributed by atoms with Gasteiger partial charge in [-0.15, -0.1) is 10.2 Å². The van der Waals surface area contributed by atoms with Crippen LogP contribution < -0.4 is 5.32 Å². The molecule has 7 heteroatoms. The molecule has 1 saturated carbocycles. The lowest BCUT2D eigenvalue weighted by Gasteiger charge is -2.20. The maximum absolute atomic E-state index is 12.5. The molecule has 0 bridgehead atoms. The molecule has 1 fully saturated rings. The van der Waals surface area contributed by atoms with Crippen molar-refractivity contribution in [3.05, 3.63) is 53.2 Å². The first-order valence-electron chi connectivity index (χ1n) is 9.83. The highest BCUT2D eigenvalue weighted by atomic mass is 16.4. The van der Waals surface area contributed by atoms with E-state index < -0.39 is 0 Å². The first-order valence-corrected chi connectivity index (χ1v) is 9.83. The van der Waals surface area contributed by atoms with E-state index >= 15 is 0 Å². The molecule has 0 spiro atoms. The molecule has 1 amide bonds. The van der Waals surface area contributed by atoms with Crippen molar-refractivity contribution in [2.75, 3.05) is 5.32 Å². The molecule has 7 nitrogen and oxygen atoms in total. The predicted octanol–water partition coefficient (Wildman–Crippen LogP) is 4.26. The Morgan fingerprint density at radius 2 is 1.90 bits per heavy atom. The van der Waals surface area contributed by atoms with E-state index in [4.69, 9.17) is 4.42 Å². The molecule has 2 heterocycles. The monoisotopic (exact) mass is 392 g/mol. The topological polar surface area (TPSA) is 90.0 Å². The van der Waals surface area contributed by atoms with E-state index in [1.54, 1.807) is 24.3 Å². The Bertz CT molecular complexity index is 1060. The zero-order valence-electron chi connectivity index (χ0n) is 16.9. The second-order valence-corrected chi connectivity index (χ2v) is 7.63. The molecule has 3 aromatic rings. The van der Waals surface area contributed by atoms with Gasteiger partial charge in [0.05, 0.1) is 5.56 Å². The Hall–Kier alpha value is -3.22. The average molecular weight is 392 g/mol. The zero-order chi connectivity index (χ0) is 20.5. The Morgan fingerprint density at radius 1 is 1.17 bits per heavy atom. The fraction of sp³-hybridized carbons (Fsp3) is 0.364. The third-order valence-corrected chi connectivity index (χ3v) is 5.58. The highest BCUT2D eigenvalue weighted by molar-refractivity contribution is 5.95. The number of ketones is 1. The normalized spacial score (nSPS) is 13.9. The van der Waals surface area contributed by atoms with Crippen molar-refractivity contribution in [3.63, 3.8) is 0 Å². The van der Waals surface area contributed by atoms with Crippen LogP contribution in [0.25, 0.3) is 11.5 Å². The van der Waals surface area contributed by atoms with Crippen LogP contribution in [0.5, 0.6) is 0 Å². The summed E-state index contributed by atoms with van der Waals surface area (Å²) < 4.78 is 7.82. The van der Waals surface area contributed by atoms with Crippen LogP contribution in [0.2, 0.25) is 0 Å². The molecule has 1 aliphatic carbocycles. The Kier molecular flexibility index (Phi) is 5.05. The van der Waals surface area contributed by atoms with E-state index in [1.807, 2.05) is 24.5 Å². The first-order chi connectivity index (χ1) is 13.9. The van der Waals surface area contributed by atoms with Gasteiger partial charge >= 0.3 is 0 Å². The predicted molar refractivity (Wildman–Crippen MR) is 109 cm³/mol. The van der Waals surface area contributed by atoms with Gasteiger partial charge in [-0.1, -0.05) is 6.42 Å². The minimum Gasteiger partial charge on any atom is -0.420 e. The van der Waals surface area contributed by atoms with Crippen molar-refractivity contribution in [2.24, 2.45) is 0 Å². The molecule has 0 aliphatic heterocycles. The Labute approximate surface area is 169 Å². The average Bonchev–Trinajstić information content (AvgIpc) is 3.21. The number of carbonyl (C=O) groups excluding carboxylic acids is 2. The SMILES string of the molecule is CC(=O)c1ccc(NC(=O)Cn2c(C)cc(-c3nnc(C4CCC4)o3)c2C)cc1. The quantitative estimate of drug-likeness (QED) is 0.633. The number of carbonyl (C=O) groups is 2. The van der Waals surface area contributed by atoms with Crippen LogP contribution >= 0.6 is 0 Å². The molecule has 4 rings (SSSR count). The molecule has 0 radical (unpaired) electrons. The number of amides is 1. The second-order valence-electron chi connectivity index (χ2n) is 7.63. The van der Waals surface area contributed by atoms with Gasteiger partial charge in [0.2, 0.25) is 17.7 Å². The van der Waals surface area contributed by atoms with Crippen LogP contribution in [-0.2, 0) is 11.3 Å². The summed E-state index contributed by atoms with van der Waals surface area (Å²) in [6.07, 6.45) is 3.42. The molecular weight excluding hydrogens is 368 g/mol. The Balaban J connectivity index is 1.48. The van der Waals surface area contributed by atoms with Crippen LogP contribution in [-0.4, -0.2) is 26.5 Å². The number of hydrogen-bond acceptors (Lipinski definition) is 5. The summed E-state index contributed by atoms with van der Waals surface area (Å²) in [5.74, 6) is 1.46. The molecule has 0 saturated heterocycles. The Morgan fingerprint density at radius 3 is 2.52 bits per heavy atom. The zero-order valence-corrected chi connectivity index (χ0v) is 16.9. The largest absolute Gasteiger partial charge is 0.420 e. The van der Waals surface area contributed by atoms with Crippen LogP contribution in [0.4, 0.5) is 5.69 Å². The molecule has 2 aromatic heterocycles. The van der Waals surface area contributed by atoms with Crippen LogP contribution in [0.15, 0.2) is 34.7 Å². The number of nitrogens with one attached hydrogen (secondary N) is 1. The molecule has 1 N–H and O–H groups in total. The molecular formula is C22H24N4O3. The lowest BCUT2D eigenvalue weighted by molar-refractivity contribution is -0.116. The van der Waals surface area contributed by atoms with Gasteiger partial charge in [-0.05, 0) is 63.9 Å². The van der Waals surface area contributed by atoms with Crippen LogP contribution in [0.1, 0.15) is 59.7 Å². The molecule has 1 aromatic carbocycles. The number of nitrogens with zero attached hydrogens (tertiary/aromatic N) is 3. The molecule has 0 unspecified atom stereocenters. The van der Waals surface area contributed by atoms with Crippen molar-refractivity contribution in [3.8, 4) is 11.5 Å². The summed E-state index contributed by atoms with van der Waals surface area (Å²) in [7, 11) is 0. The van der Waals surface area contributed by atoms with Crippen molar-refractivity contribution < 1.29 is 14.0 Å². The molecule has 29 heavy (non-hydrogen) atoms. The summed E-state index contributed by atoms with van der Waals surface area (Å²) in [6.45, 7) is 5.59. The van der Waals surface area contributed by atoms with E-state index in [2.05, 4.69) is 15.5 Å². The summed E-state index contributed by atoms with van der Waals surface area (Å²) in [5.41, 5.74) is 3.99. The summed E-state index contributed by atoms with van der Waals surface area (Å²) in [4.78, 5) is 23.9. The number of Topliss-reactive ketones (excluding diaryl/α,β-unsaturated/α-hetero) is 1. The minimum atomic E-state index is -0.144. The number of rotatable bonds is 6. The highest BCUT2D eigenvalue weighted by Gasteiger charge is 2.26. The van der Waals surface area contributed by atoms with Crippen LogP contribution in [0.3, 0.4) is 0 Å². The van der Waals surface area contributed by atoms with Crippen molar-refractivity contribution >= 4 is 17.4 Å². The van der Waals surface area contributed by atoms with Crippen LogP contribution in [0, 0.1) is 13.8 Å². The van der Waals surface area contributed by atoms with E-state index in [-0.39, 0.29) is 18.2 Å².